The van der Waals surface area contributed by atoms with Crippen LogP contribution in [0.1, 0.15) is 87.2 Å². The second kappa shape index (κ2) is 12.9. The monoisotopic (exact) mass is 348 g/mol. The topological polar surface area (TPSA) is 35.5 Å². The van der Waals surface area contributed by atoms with Gasteiger partial charge in [-0.2, -0.15) is 0 Å². The Morgan fingerprint density at radius 3 is 1.96 bits per heavy atom. The molecule has 0 aromatic heterocycles. The van der Waals surface area contributed by atoms with Crippen molar-refractivity contribution in [2.45, 2.75) is 84.7 Å². The Bertz CT molecular complexity index is 470. The number of aryl methyl sites for hydroxylation is 2. The van der Waals surface area contributed by atoms with Crippen molar-refractivity contribution in [2.24, 2.45) is 0 Å². The molecule has 0 amide bonds. The minimum Gasteiger partial charge on any atom is -0.456 e. The molecule has 0 saturated heterocycles. The van der Waals surface area contributed by atoms with Gasteiger partial charge in [-0.3, -0.25) is 0 Å². The third-order valence-corrected chi connectivity index (χ3v) is 4.43. The molecule has 1 unspecified atom stereocenters. The highest BCUT2D eigenvalue weighted by Gasteiger charge is 2.17. The van der Waals surface area contributed by atoms with Gasteiger partial charge in [0.15, 0.2) is 0 Å². The molecule has 0 aliphatic rings. The third-order valence-electron chi connectivity index (χ3n) is 4.43. The number of rotatable bonds is 13. The zero-order valence-electron chi connectivity index (χ0n) is 16.6. The molecular formula is C22H36O3. The highest BCUT2D eigenvalue weighted by molar-refractivity contribution is 5.90. The van der Waals surface area contributed by atoms with Crippen molar-refractivity contribution < 1.29 is 14.3 Å². The van der Waals surface area contributed by atoms with Gasteiger partial charge in [0.1, 0.15) is 6.10 Å². The van der Waals surface area contributed by atoms with Crippen molar-refractivity contribution in [3.8, 4) is 0 Å². The van der Waals surface area contributed by atoms with E-state index in [1.54, 1.807) is 7.11 Å². The Kier molecular flexibility index (Phi) is 11.2. The van der Waals surface area contributed by atoms with E-state index < -0.39 is 0 Å². The molecule has 0 aliphatic heterocycles. The molecule has 142 valence electrons. The normalized spacial score (nSPS) is 12.2. The average Bonchev–Trinajstić information content (AvgIpc) is 2.62. The Balaban J connectivity index is 2.88. The van der Waals surface area contributed by atoms with Crippen LogP contribution in [0.4, 0.5) is 0 Å². The molecule has 0 heterocycles. The highest BCUT2D eigenvalue weighted by Crippen LogP contribution is 2.18. The lowest BCUT2D eigenvalue weighted by Crippen LogP contribution is -2.23. The fourth-order valence-electron chi connectivity index (χ4n) is 2.94. The van der Waals surface area contributed by atoms with Crippen molar-refractivity contribution in [3.63, 3.8) is 0 Å². The molecule has 0 aliphatic carbocycles. The average molecular weight is 349 g/mol. The second-order valence-electron chi connectivity index (χ2n) is 6.87. The van der Waals surface area contributed by atoms with E-state index in [2.05, 4.69) is 26.8 Å². The number of hydrogen-bond donors (Lipinski definition) is 0. The van der Waals surface area contributed by atoms with Crippen LogP contribution in [0.3, 0.4) is 0 Å². The Labute approximate surface area is 154 Å². The molecule has 0 fully saturated rings. The van der Waals surface area contributed by atoms with Gasteiger partial charge < -0.3 is 9.47 Å². The van der Waals surface area contributed by atoms with Gasteiger partial charge in [-0.1, -0.05) is 46.1 Å². The Hall–Kier alpha value is -1.35. The summed E-state index contributed by atoms with van der Waals surface area (Å²) in [6.07, 6.45) is 9.48. The van der Waals surface area contributed by atoms with Gasteiger partial charge in [0.05, 0.1) is 12.2 Å². The molecule has 0 spiro atoms. The molecule has 3 heteroatoms. The summed E-state index contributed by atoms with van der Waals surface area (Å²) >= 11 is 0. The van der Waals surface area contributed by atoms with Gasteiger partial charge in [0, 0.05) is 7.11 Å². The summed E-state index contributed by atoms with van der Waals surface area (Å²) in [6.45, 7) is 6.99. The zero-order valence-corrected chi connectivity index (χ0v) is 16.6. The SMILES string of the molecule is CCCCc1cc(CCCC)cc(C(=O)OC(CCCC)COC)c1. The van der Waals surface area contributed by atoms with E-state index in [9.17, 15) is 4.79 Å². The summed E-state index contributed by atoms with van der Waals surface area (Å²) in [6, 6.07) is 6.28. The van der Waals surface area contributed by atoms with Crippen LogP contribution >= 0.6 is 0 Å². The first-order valence-electron chi connectivity index (χ1n) is 9.97. The highest BCUT2D eigenvalue weighted by atomic mass is 16.6. The molecular weight excluding hydrogens is 312 g/mol. The third kappa shape index (κ3) is 8.53. The molecule has 0 radical (unpaired) electrons. The van der Waals surface area contributed by atoms with Crippen LogP contribution in [0.5, 0.6) is 0 Å². The van der Waals surface area contributed by atoms with Crippen molar-refractivity contribution in [1.29, 1.82) is 0 Å². The predicted molar refractivity (Wildman–Crippen MR) is 104 cm³/mol. The van der Waals surface area contributed by atoms with Crippen molar-refractivity contribution in [1.82, 2.24) is 0 Å². The fraction of sp³-hybridized carbons (Fsp3) is 0.682. The lowest BCUT2D eigenvalue weighted by molar-refractivity contribution is 0.00249. The molecule has 1 rings (SSSR count). The zero-order chi connectivity index (χ0) is 18.5. The van der Waals surface area contributed by atoms with Crippen LogP contribution in [-0.4, -0.2) is 25.8 Å². The van der Waals surface area contributed by atoms with E-state index in [0.717, 1.165) is 57.8 Å². The number of methoxy groups -OCH3 is 1. The fourth-order valence-corrected chi connectivity index (χ4v) is 2.94. The van der Waals surface area contributed by atoms with Gasteiger partial charge >= 0.3 is 5.97 Å². The molecule has 1 aromatic carbocycles. The number of benzene rings is 1. The van der Waals surface area contributed by atoms with Crippen LogP contribution in [0.2, 0.25) is 0 Å². The van der Waals surface area contributed by atoms with Crippen LogP contribution < -0.4 is 0 Å². The van der Waals surface area contributed by atoms with Crippen LogP contribution in [-0.2, 0) is 22.3 Å². The van der Waals surface area contributed by atoms with E-state index in [-0.39, 0.29) is 12.1 Å². The van der Waals surface area contributed by atoms with Crippen LogP contribution in [0.25, 0.3) is 0 Å². The number of carbonyl (C=O) groups excluding carboxylic acids is 1. The maximum atomic E-state index is 12.7. The van der Waals surface area contributed by atoms with Crippen molar-refractivity contribution >= 4 is 5.97 Å². The maximum absolute atomic E-state index is 12.7. The van der Waals surface area contributed by atoms with E-state index in [1.807, 2.05) is 12.1 Å². The quantitative estimate of drug-likeness (QED) is 0.427. The number of unbranched alkanes of at least 4 members (excludes halogenated alkanes) is 3. The van der Waals surface area contributed by atoms with Gasteiger partial charge in [-0.05, 0) is 61.8 Å². The van der Waals surface area contributed by atoms with E-state index in [4.69, 9.17) is 9.47 Å². The molecule has 0 N–H and O–H groups in total. The van der Waals surface area contributed by atoms with Gasteiger partial charge in [-0.15, -0.1) is 0 Å². The Morgan fingerprint density at radius 2 is 1.48 bits per heavy atom. The Morgan fingerprint density at radius 1 is 0.920 bits per heavy atom. The number of carbonyl (C=O) groups is 1. The largest absolute Gasteiger partial charge is 0.456 e. The van der Waals surface area contributed by atoms with E-state index in [0.29, 0.717) is 12.2 Å². The minimum absolute atomic E-state index is 0.157. The van der Waals surface area contributed by atoms with Gasteiger partial charge in [-0.25, -0.2) is 4.79 Å². The lowest BCUT2D eigenvalue weighted by atomic mass is 9.98. The lowest BCUT2D eigenvalue weighted by Gasteiger charge is -2.17. The molecule has 1 atom stereocenters. The van der Waals surface area contributed by atoms with Crippen molar-refractivity contribution in [2.75, 3.05) is 13.7 Å². The predicted octanol–water partition coefficient (Wildman–Crippen LogP) is 5.73. The first-order chi connectivity index (χ1) is 12.1. The molecule has 0 bridgehead atoms. The van der Waals surface area contributed by atoms with Crippen molar-refractivity contribution in [3.05, 3.63) is 34.9 Å². The summed E-state index contributed by atoms with van der Waals surface area (Å²) in [5.41, 5.74) is 3.19. The summed E-state index contributed by atoms with van der Waals surface area (Å²) in [5.74, 6) is -0.214. The minimum atomic E-state index is -0.214. The molecule has 25 heavy (non-hydrogen) atoms. The number of hydrogen-bond acceptors (Lipinski definition) is 3. The van der Waals surface area contributed by atoms with Gasteiger partial charge in [0.25, 0.3) is 0 Å². The maximum Gasteiger partial charge on any atom is 0.338 e. The standard InChI is InChI=1S/C22H36O3/c1-5-8-11-18-14-19(12-9-6-2)16-20(15-18)22(23)25-21(17-24-4)13-10-7-3/h14-16,21H,5-13,17H2,1-4H3. The van der Waals surface area contributed by atoms with E-state index in [1.165, 1.54) is 11.1 Å². The summed E-state index contributed by atoms with van der Waals surface area (Å²) in [5, 5.41) is 0. The van der Waals surface area contributed by atoms with Gasteiger partial charge in [0.2, 0.25) is 0 Å². The molecule has 3 nitrogen and oxygen atoms in total. The van der Waals surface area contributed by atoms with Crippen LogP contribution in [0.15, 0.2) is 18.2 Å². The summed E-state index contributed by atoms with van der Waals surface area (Å²) in [4.78, 5) is 12.7. The molecule has 0 saturated carbocycles. The second-order valence-corrected chi connectivity index (χ2v) is 6.87. The summed E-state index contributed by atoms with van der Waals surface area (Å²) < 4.78 is 10.9. The number of ether oxygens (including phenoxy) is 2. The summed E-state index contributed by atoms with van der Waals surface area (Å²) in [7, 11) is 1.65. The molecule has 1 aromatic rings. The van der Waals surface area contributed by atoms with E-state index >= 15 is 0 Å². The first-order valence-corrected chi connectivity index (χ1v) is 9.97. The smallest absolute Gasteiger partial charge is 0.338 e. The number of esters is 1. The van der Waals surface area contributed by atoms with Crippen LogP contribution in [0, 0.1) is 0 Å². The first kappa shape index (κ1) is 21.7.